The summed E-state index contributed by atoms with van der Waals surface area (Å²) in [4.78, 5) is 25.5. The standard InChI is InChI=1S/C26H38O5/c1-6-15(2)23(29)31-22-14-21-19-8-7-18(28)13-17(19)9-11-24(21,4)26(30)12-10-20(16(3)27)25(22,26)5/h6,9,18-22,28,30H,7-8,10-14H2,1-5H3. The number of Topliss-reactive ketones (excluding diaryl/α,β-unsaturated/α-hetero) is 1. The Labute approximate surface area is 185 Å². The maximum atomic E-state index is 12.8. The number of aliphatic hydroxyl groups is 2. The minimum Gasteiger partial charge on any atom is -0.458 e. The number of ketones is 1. The molecule has 0 radical (unpaired) electrons. The Bertz CT molecular complexity index is 843. The zero-order chi connectivity index (χ0) is 22.8. The lowest BCUT2D eigenvalue weighted by Crippen LogP contribution is -2.70. The Morgan fingerprint density at radius 3 is 2.55 bits per heavy atom. The smallest absolute Gasteiger partial charge is 0.333 e. The summed E-state index contributed by atoms with van der Waals surface area (Å²) in [7, 11) is 0. The molecule has 0 aromatic carbocycles. The zero-order valence-electron chi connectivity index (χ0n) is 19.6. The molecule has 3 fully saturated rings. The number of allylic oxidation sites excluding steroid dienone is 2. The molecular formula is C26H38O5. The van der Waals surface area contributed by atoms with E-state index in [1.54, 1.807) is 19.9 Å². The molecule has 4 aliphatic carbocycles. The van der Waals surface area contributed by atoms with Crippen molar-refractivity contribution < 1.29 is 24.5 Å². The molecule has 5 nitrogen and oxygen atoms in total. The van der Waals surface area contributed by atoms with Crippen molar-refractivity contribution in [3.63, 3.8) is 0 Å². The monoisotopic (exact) mass is 430 g/mol. The summed E-state index contributed by atoms with van der Waals surface area (Å²) in [6, 6.07) is 0. The van der Waals surface area contributed by atoms with E-state index < -0.39 is 17.1 Å². The fourth-order valence-electron chi connectivity index (χ4n) is 7.83. The van der Waals surface area contributed by atoms with Gasteiger partial charge >= 0.3 is 5.97 Å². The number of hydrogen-bond donors (Lipinski definition) is 2. The van der Waals surface area contributed by atoms with Crippen LogP contribution >= 0.6 is 0 Å². The van der Waals surface area contributed by atoms with E-state index in [1.165, 1.54) is 5.57 Å². The van der Waals surface area contributed by atoms with Crippen molar-refractivity contribution in [2.75, 3.05) is 0 Å². The average Bonchev–Trinajstić information content (AvgIpc) is 3.02. The van der Waals surface area contributed by atoms with Crippen LogP contribution in [0.2, 0.25) is 0 Å². The average molecular weight is 431 g/mol. The quantitative estimate of drug-likeness (QED) is 0.400. The number of carbonyl (C=O) groups is 2. The number of ether oxygens (including phenoxy) is 1. The summed E-state index contributed by atoms with van der Waals surface area (Å²) in [5, 5.41) is 22.6. The van der Waals surface area contributed by atoms with E-state index >= 15 is 0 Å². The summed E-state index contributed by atoms with van der Waals surface area (Å²) >= 11 is 0. The normalized spacial score (nSPS) is 47.0. The van der Waals surface area contributed by atoms with Crippen LogP contribution in [-0.4, -0.2) is 39.8 Å². The molecule has 5 heteroatoms. The molecule has 0 spiro atoms. The Morgan fingerprint density at radius 2 is 1.90 bits per heavy atom. The molecule has 4 aliphatic rings. The van der Waals surface area contributed by atoms with Gasteiger partial charge < -0.3 is 14.9 Å². The molecule has 0 aliphatic heterocycles. The van der Waals surface area contributed by atoms with Gasteiger partial charge in [-0.05, 0) is 77.6 Å². The first-order valence-electron chi connectivity index (χ1n) is 11.9. The fraction of sp³-hybridized carbons (Fsp3) is 0.769. The highest BCUT2D eigenvalue weighted by atomic mass is 16.5. The fourth-order valence-corrected chi connectivity index (χ4v) is 7.83. The molecule has 8 atom stereocenters. The van der Waals surface area contributed by atoms with Crippen LogP contribution in [0.25, 0.3) is 0 Å². The van der Waals surface area contributed by atoms with Gasteiger partial charge in [0.05, 0.1) is 11.7 Å². The van der Waals surface area contributed by atoms with E-state index in [2.05, 4.69) is 13.0 Å². The highest BCUT2D eigenvalue weighted by Gasteiger charge is 2.74. The van der Waals surface area contributed by atoms with Crippen LogP contribution in [0.1, 0.15) is 79.6 Å². The molecule has 3 saturated carbocycles. The van der Waals surface area contributed by atoms with E-state index in [-0.39, 0.29) is 41.0 Å². The first-order valence-corrected chi connectivity index (χ1v) is 11.9. The molecule has 0 heterocycles. The number of hydrogen-bond acceptors (Lipinski definition) is 5. The van der Waals surface area contributed by atoms with E-state index in [1.807, 2.05) is 13.8 Å². The third-order valence-corrected chi connectivity index (χ3v) is 9.84. The molecule has 2 N–H and O–H groups in total. The minimum absolute atomic E-state index is 0.0668. The van der Waals surface area contributed by atoms with Gasteiger partial charge in [-0.3, -0.25) is 4.79 Å². The third kappa shape index (κ3) is 3.02. The van der Waals surface area contributed by atoms with Crippen molar-refractivity contribution in [2.45, 2.75) is 97.4 Å². The third-order valence-electron chi connectivity index (χ3n) is 9.84. The number of esters is 1. The Kier molecular flexibility index (Phi) is 5.54. The zero-order valence-corrected chi connectivity index (χ0v) is 19.6. The first kappa shape index (κ1) is 22.7. The lowest BCUT2D eigenvalue weighted by atomic mass is 9.42. The maximum Gasteiger partial charge on any atom is 0.333 e. The Balaban J connectivity index is 1.81. The van der Waals surface area contributed by atoms with Crippen LogP contribution in [0.3, 0.4) is 0 Å². The van der Waals surface area contributed by atoms with Crippen LogP contribution in [0.4, 0.5) is 0 Å². The number of fused-ring (bicyclic) bond motifs is 5. The predicted molar refractivity (Wildman–Crippen MR) is 118 cm³/mol. The van der Waals surface area contributed by atoms with Crippen molar-refractivity contribution in [1.82, 2.24) is 0 Å². The summed E-state index contributed by atoms with van der Waals surface area (Å²) in [5.41, 5.74) is -0.451. The molecule has 8 unspecified atom stereocenters. The molecule has 0 aromatic heterocycles. The van der Waals surface area contributed by atoms with Crippen LogP contribution < -0.4 is 0 Å². The van der Waals surface area contributed by atoms with E-state index in [9.17, 15) is 19.8 Å². The minimum atomic E-state index is -1.09. The molecule has 4 rings (SSSR count). The largest absolute Gasteiger partial charge is 0.458 e. The van der Waals surface area contributed by atoms with Crippen molar-refractivity contribution in [2.24, 2.45) is 28.6 Å². The van der Waals surface area contributed by atoms with Gasteiger partial charge in [-0.25, -0.2) is 4.79 Å². The Hall–Kier alpha value is -1.46. The molecule has 0 aromatic rings. The lowest BCUT2D eigenvalue weighted by Gasteiger charge is -2.65. The van der Waals surface area contributed by atoms with Crippen LogP contribution in [0, 0.1) is 28.6 Å². The van der Waals surface area contributed by atoms with Gasteiger partial charge in [0.15, 0.2) is 0 Å². The van der Waals surface area contributed by atoms with E-state index in [4.69, 9.17) is 4.74 Å². The van der Waals surface area contributed by atoms with Gasteiger partial charge in [-0.15, -0.1) is 0 Å². The summed E-state index contributed by atoms with van der Waals surface area (Å²) < 4.78 is 6.11. The second-order valence-electron chi connectivity index (χ2n) is 11.0. The second-order valence-corrected chi connectivity index (χ2v) is 11.0. The van der Waals surface area contributed by atoms with E-state index in [0.29, 0.717) is 31.3 Å². The van der Waals surface area contributed by atoms with Crippen molar-refractivity contribution in [1.29, 1.82) is 0 Å². The highest BCUT2D eigenvalue weighted by molar-refractivity contribution is 5.88. The van der Waals surface area contributed by atoms with Gasteiger partial charge in [-0.1, -0.05) is 31.6 Å². The molecular weight excluding hydrogens is 392 g/mol. The van der Waals surface area contributed by atoms with Gasteiger partial charge in [-0.2, -0.15) is 0 Å². The van der Waals surface area contributed by atoms with Crippen molar-refractivity contribution in [3.8, 4) is 0 Å². The van der Waals surface area contributed by atoms with Gasteiger partial charge in [0.2, 0.25) is 0 Å². The lowest BCUT2D eigenvalue weighted by molar-refractivity contribution is -0.258. The molecule has 0 bridgehead atoms. The maximum absolute atomic E-state index is 12.8. The Morgan fingerprint density at radius 1 is 1.19 bits per heavy atom. The predicted octanol–water partition coefficient (Wildman–Crippen LogP) is 4.12. The van der Waals surface area contributed by atoms with Crippen molar-refractivity contribution in [3.05, 3.63) is 23.3 Å². The topological polar surface area (TPSA) is 83.8 Å². The summed E-state index contributed by atoms with van der Waals surface area (Å²) in [6.45, 7) is 9.33. The number of carbonyl (C=O) groups excluding carboxylic acids is 2. The SMILES string of the molecule is CC=C(C)C(=O)OC1CC2C3CCC(O)CC3=CCC2(C)C2(O)CCC(C(C)=O)C12C. The highest BCUT2D eigenvalue weighted by Crippen LogP contribution is 2.70. The summed E-state index contributed by atoms with van der Waals surface area (Å²) in [6.07, 6.45) is 8.12. The van der Waals surface area contributed by atoms with Crippen LogP contribution in [0.5, 0.6) is 0 Å². The van der Waals surface area contributed by atoms with E-state index in [0.717, 1.165) is 19.3 Å². The van der Waals surface area contributed by atoms with Crippen LogP contribution in [-0.2, 0) is 14.3 Å². The molecule has 0 saturated heterocycles. The second kappa shape index (κ2) is 7.55. The van der Waals surface area contributed by atoms with Gasteiger partial charge in [0.25, 0.3) is 0 Å². The molecule has 172 valence electrons. The molecule has 0 amide bonds. The van der Waals surface area contributed by atoms with Crippen molar-refractivity contribution >= 4 is 11.8 Å². The number of aliphatic hydroxyl groups excluding tert-OH is 1. The van der Waals surface area contributed by atoms with Gasteiger partial charge in [0, 0.05) is 22.3 Å². The molecule has 31 heavy (non-hydrogen) atoms. The summed E-state index contributed by atoms with van der Waals surface area (Å²) in [5.74, 6) is -0.169. The van der Waals surface area contributed by atoms with Gasteiger partial charge in [0.1, 0.15) is 11.9 Å². The number of rotatable bonds is 3. The van der Waals surface area contributed by atoms with Crippen LogP contribution in [0.15, 0.2) is 23.3 Å². The first-order chi connectivity index (χ1) is 14.5.